The lowest BCUT2D eigenvalue weighted by Crippen LogP contribution is -2.25. The predicted molar refractivity (Wildman–Crippen MR) is 57.6 cm³/mol. The Bertz CT molecular complexity index is 389. The number of aromatic nitrogens is 1. The lowest BCUT2D eigenvalue weighted by atomic mass is 10.2. The van der Waals surface area contributed by atoms with Crippen LogP contribution in [0.15, 0.2) is 18.3 Å². The molecule has 0 spiro atoms. The predicted octanol–water partition coefficient (Wildman–Crippen LogP) is 0.673. The van der Waals surface area contributed by atoms with Crippen LogP contribution in [0.2, 0.25) is 0 Å². The van der Waals surface area contributed by atoms with Crippen LogP contribution >= 0.6 is 0 Å². The molecule has 0 aromatic carbocycles. The molecule has 6 heteroatoms. The van der Waals surface area contributed by atoms with Gasteiger partial charge in [-0.15, -0.1) is 0 Å². The third-order valence-electron chi connectivity index (χ3n) is 1.87. The van der Waals surface area contributed by atoms with Crippen molar-refractivity contribution in [2.45, 2.75) is 6.92 Å². The third-order valence-corrected chi connectivity index (χ3v) is 1.87. The Kier molecular flexibility index (Phi) is 3.96. The van der Waals surface area contributed by atoms with Crippen molar-refractivity contribution in [2.75, 3.05) is 19.5 Å². The van der Waals surface area contributed by atoms with Gasteiger partial charge in [0.05, 0.1) is 12.7 Å². The van der Waals surface area contributed by atoms with Crippen LogP contribution in [0.4, 0.5) is 5.82 Å². The summed E-state index contributed by atoms with van der Waals surface area (Å²) in [6, 6.07) is 3.12. The first-order chi connectivity index (χ1) is 7.54. The number of pyridine rings is 1. The Morgan fingerprint density at radius 1 is 1.44 bits per heavy atom. The molecule has 0 radical (unpaired) electrons. The first-order valence-electron chi connectivity index (χ1n) is 4.60. The first kappa shape index (κ1) is 12.1. The zero-order chi connectivity index (χ0) is 12.1. The Morgan fingerprint density at radius 2 is 2.12 bits per heavy atom. The van der Waals surface area contributed by atoms with Crippen LogP contribution in [0.1, 0.15) is 17.3 Å². The molecule has 0 saturated heterocycles. The van der Waals surface area contributed by atoms with Crippen LogP contribution in [0, 0.1) is 0 Å². The van der Waals surface area contributed by atoms with E-state index in [9.17, 15) is 9.59 Å². The summed E-state index contributed by atoms with van der Waals surface area (Å²) < 4.78 is 0. The smallest absolute Gasteiger partial charge is 0.278 e. The fourth-order valence-electron chi connectivity index (χ4n) is 1.04. The molecule has 0 saturated carbocycles. The molecule has 1 aromatic rings. The van der Waals surface area contributed by atoms with Gasteiger partial charge in [-0.1, -0.05) is 0 Å². The van der Waals surface area contributed by atoms with Crippen LogP contribution in [0.3, 0.4) is 0 Å². The Balaban J connectivity index is 2.78. The van der Waals surface area contributed by atoms with Gasteiger partial charge >= 0.3 is 0 Å². The minimum Gasteiger partial charge on any atom is -0.311 e. The molecule has 0 aliphatic rings. The summed E-state index contributed by atoms with van der Waals surface area (Å²) in [4.78, 5) is 31.0. The fraction of sp³-hybridized carbons (Fsp3) is 0.300. The van der Waals surface area contributed by atoms with Crippen molar-refractivity contribution in [1.29, 1.82) is 0 Å². The molecule has 6 nitrogen and oxygen atoms in total. The summed E-state index contributed by atoms with van der Waals surface area (Å²) >= 11 is 0. The van der Waals surface area contributed by atoms with Crippen LogP contribution in [0.25, 0.3) is 0 Å². The van der Waals surface area contributed by atoms with Crippen molar-refractivity contribution in [2.24, 2.45) is 0 Å². The SMILES string of the molecule is CON(C)C(=O)c1ccc(NC(C)=O)nc1. The van der Waals surface area contributed by atoms with Gasteiger partial charge in [-0.3, -0.25) is 14.4 Å². The normalized spacial score (nSPS) is 9.69. The second-order valence-corrected chi connectivity index (χ2v) is 3.10. The van der Waals surface area contributed by atoms with Crippen molar-refractivity contribution < 1.29 is 14.4 Å². The van der Waals surface area contributed by atoms with Gasteiger partial charge in [-0.05, 0) is 12.1 Å². The van der Waals surface area contributed by atoms with E-state index in [4.69, 9.17) is 4.84 Å². The summed E-state index contributed by atoms with van der Waals surface area (Å²) in [5.41, 5.74) is 0.387. The Hall–Kier alpha value is -1.95. The van der Waals surface area contributed by atoms with Gasteiger partial charge in [0.15, 0.2) is 0 Å². The molecule has 16 heavy (non-hydrogen) atoms. The summed E-state index contributed by atoms with van der Waals surface area (Å²) in [5, 5.41) is 3.60. The summed E-state index contributed by atoms with van der Waals surface area (Å²) in [6.45, 7) is 1.39. The number of rotatable bonds is 3. The molecule has 0 atom stereocenters. The molecule has 0 aliphatic heterocycles. The zero-order valence-electron chi connectivity index (χ0n) is 9.35. The van der Waals surface area contributed by atoms with E-state index in [-0.39, 0.29) is 11.8 Å². The second-order valence-electron chi connectivity index (χ2n) is 3.10. The van der Waals surface area contributed by atoms with Gasteiger partial charge < -0.3 is 5.32 Å². The molecule has 1 heterocycles. The van der Waals surface area contributed by atoms with Crippen molar-refractivity contribution in [3.8, 4) is 0 Å². The molecule has 0 unspecified atom stereocenters. The van der Waals surface area contributed by atoms with E-state index in [1.165, 1.54) is 27.3 Å². The van der Waals surface area contributed by atoms with Crippen LogP contribution in [-0.4, -0.2) is 36.0 Å². The number of hydrogen-bond donors (Lipinski definition) is 1. The molecule has 1 rings (SSSR count). The molecular weight excluding hydrogens is 210 g/mol. The highest BCUT2D eigenvalue weighted by Crippen LogP contribution is 2.07. The van der Waals surface area contributed by atoms with Crippen LogP contribution < -0.4 is 5.32 Å². The standard InChI is InChI=1S/C10H13N3O3/c1-7(14)12-9-5-4-8(6-11-9)10(15)13(2)16-3/h4-6H,1-3H3,(H,11,12,14). The molecule has 1 aromatic heterocycles. The lowest BCUT2D eigenvalue weighted by molar-refractivity contribution is -0.114. The Morgan fingerprint density at radius 3 is 2.56 bits per heavy atom. The fourth-order valence-corrected chi connectivity index (χ4v) is 1.04. The van der Waals surface area contributed by atoms with Crippen molar-refractivity contribution in [3.63, 3.8) is 0 Å². The number of carbonyl (C=O) groups excluding carboxylic acids is 2. The van der Waals surface area contributed by atoms with Gasteiger partial charge in [0.1, 0.15) is 5.82 Å². The van der Waals surface area contributed by atoms with E-state index < -0.39 is 0 Å². The molecule has 2 amide bonds. The number of hydroxylamine groups is 2. The summed E-state index contributed by atoms with van der Waals surface area (Å²) in [5.74, 6) is -0.103. The molecule has 86 valence electrons. The van der Waals surface area contributed by atoms with Crippen molar-refractivity contribution in [3.05, 3.63) is 23.9 Å². The van der Waals surface area contributed by atoms with E-state index >= 15 is 0 Å². The second kappa shape index (κ2) is 5.22. The maximum atomic E-state index is 11.6. The monoisotopic (exact) mass is 223 g/mol. The van der Waals surface area contributed by atoms with Gasteiger partial charge in [0, 0.05) is 20.2 Å². The van der Waals surface area contributed by atoms with Gasteiger partial charge in [-0.25, -0.2) is 10.0 Å². The summed E-state index contributed by atoms with van der Waals surface area (Å²) in [7, 11) is 2.90. The molecule has 0 aliphatic carbocycles. The van der Waals surface area contributed by atoms with Gasteiger partial charge in [0.25, 0.3) is 5.91 Å². The number of carbonyl (C=O) groups is 2. The maximum absolute atomic E-state index is 11.6. The first-order valence-corrected chi connectivity index (χ1v) is 4.60. The highest BCUT2D eigenvalue weighted by Gasteiger charge is 2.11. The molecule has 0 fully saturated rings. The number of amides is 2. The van der Waals surface area contributed by atoms with Crippen LogP contribution in [0.5, 0.6) is 0 Å². The molecule has 0 bridgehead atoms. The van der Waals surface area contributed by atoms with E-state index in [0.29, 0.717) is 11.4 Å². The van der Waals surface area contributed by atoms with E-state index in [2.05, 4.69) is 10.3 Å². The average molecular weight is 223 g/mol. The highest BCUT2D eigenvalue weighted by atomic mass is 16.7. The van der Waals surface area contributed by atoms with E-state index in [1.54, 1.807) is 12.1 Å². The largest absolute Gasteiger partial charge is 0.311 e. The quantitative estimate of drug-likeness (QED) is 0.764. The van der Waals surface area contributed by atoms with E-state index in [1.807, 2.05) is 0 Å². The molecular formula is C10H13N3O3. The minimum atomic E-state index is -0.302. The zero-order valence-corrected chi connectivity index (χ0v) is 9.35. The Labute approximate surface area is 93.2 Å². The average Bonchev–Trinajstić information content (AvgIpc) is 2.27. The van der Waals surface area contributed by atoms with Crippen LogP contribution in [-0.2, 0) is 9.63 Å². The van der Waals surface area contributed by atoms with Gasteiger partial charge in [-0.2, -0.15) is 0 Å². The number of hydrogen-bond acceptors (Lipinski definition) is 4. The lowest BCUT2D eigenvalue weighted by Gasteiger charge is -2.13. The summed E-state index contributed by atoms with van der Waals surface area (Å²) in [6.07, 6.45) is 1.38. The number of nitrogens with zero attached hydrogens (tertiary/aromatic N) is 2. The topological polar surface area (TPSA) is 71.5 Å². The maximum Gasteiger partial charge on any atom is 0.278 e. The number of anilines is 1. The van der Waals surface area contributed by atoms with Gasteiger partial charge in [0.2, 0.25) is 5.91 Å². The van der Waals surface area contributed by atoms with Crippen molar-refractivity contribution >= 4 is 17.6 Å². The van der Waals surface area contributed by atoms with Crippen molar-refractivity contribution in [1.82, 2.24) is 10.0 Å². The molecule has 1 N–H and O–H groups in total. The third kappa shape index (κ3) is 3.03. The number of nitrogens with one attached hydrogen (secondary N) is 1. The van der Waals surface area contributed by atoms with E-state index in [0.717, 1.165) is 5.06 Å². The minimum absolute atomic E-state index is 0.208. The highest BCUT2D eigenvalue weighted by molar-refractivity contribution is 5.93.